The van der Waals surface area contributed by atoms with Crippen LogP contribution in [0, 0.1) is 11.8 Å². The standard InChI is InChI=1S/C25H34N4OS/c1-19-14-20(2)17-29(16-19)23-9-8-22(15-26-23)28-24(31)27-18-25(10-12-30-13-11-25)21-6-4-3-5-7-21/h3-9,15,19-20H,10-14,16-18H2,1-2H3,(H2,27,28,31)/t19-,20-/m1/s1. The Morgan fingerprint density at radius 2 is 1.81 bits per heavy atom. The molecule has 2 N–H and O–H groups in total. The van der Waals surface area contributed by atoms with E-state index < -0.39 is 0 Å². The fraction of sp³-hybridized carbons (Fsp3) is 0.520. The normalized spacial score (nSPS) is 23.2. The van der Waals surface area contributed by atoms with E-state index in [4.69, 9.17) is 21.9 Å². The quantitative estimate of drug-likeness (QED) is 0.666. The maximum atomic E-state index is 5.63. The highest BCUT2D eigenvalue weighted by atomic mass is 32.1. The van der Waals surface area contributed by atoms with Gasteiger partial charge in [0, 0.05) is 38.3 Å². The number of nitrogens with zero attached hydrogens (tertiary/aromatic N) is 2. The number of rotatable bonds is 5. The van der Waals surface area contributed by atoms with Gasteiger partial charge in [-0.15, -0.1) is 0 Å². The molecule has 2 saturated heterocycles. The Morgan fingerprint density at radius 3 is 2.45 bits per heavy atom. The van der Waals surface area contributed by atoms with Gasteiger partial charge in [-0.3, -0.25) is 0 Å². The number of nitrogens with one attached hydrogen (secondary N) is 2. The minimum atomic E-state index is 0.0506. The first-order valence-electron chi connectivity index (χ1n) is 11.4. The van der Waals surface area contributed by atoms with Gasteiger partial charge in [0.05, 0.1) is 11.9 Å². The lowest BCUT2D eigenvalue weighted by atomic mass is 9.74. The Morgan fingerprint density at radius 1 is 1.10 bits per heavy atom. The van der Waals surface area contributed by atoms with Crippen LogP contribution in [0.2, 0.25) is 0 Å². The summed E-state index contributed by atoms with van der Waals surface area (Å²) in [6.07, 6.45) is 5.17. The topological polar surface area (TPSA) is 49.4 Å². The second-order valence-electron chi connectivity index (χ2n) is 9.32. The number of benzene rings is 1. The van der Waals surface area contributed by atoms with Gasteiger partial charge in [-0.1, -0.05) is 44.2 Å². The Balaban J connectivity index is 1.35. The highest BCUT2D eigenvalue weighted by Gasteiger charge is 2.34. The van der Waals surface area contributed by atoms with Crippen LogP contribution in [0.3, 0.4) is 0 Å². The predicted molar refractivity (Wildman–Crippen MR) is 132 cm³/mol. The molecular formula is C25H34N4OS. The molecule has 2 aliphatic rings. The molecule has 0 radical (unpaired) electrons. The zero-order valence-electron chi connectivity index (χ0n) is 18.6. The molecule has 166 valence electrons. The first-order valence-corrected chi connectivity index (χ1v) is 11.8. The first kappa shape index (κ1) is 22.0. The Hall–Kier alpha value is -2.18. The number of thiocarbonyl (C=S) groups is 1. The summed E-state index contributed by atoms with van der Waals surface area (Å²) in [5, 5.41) is 7.40. The average molecular weight is 439 g/mol. The van der Waals surface area contributed by atoms with Crippen molar-refractivity contribution in [3.8, 4) is 0 Å². The summed E-state index contributed by atoms with van der Waals surface area (Å²) in [5.41, 5.74) is 2.32. The minimum Gasteiger partial charge on any atom is -0.381 e. The average Bonchev–Trinajstić information content (AvgIpc) is 2.79. The molecule has 1 aromatic carbocycles. The maximum Gasteiger partial charge on any atom is 0.170 e. The molecule has 4 rings (SSSR count). The van der Waals surface area contributed by atoms with Gasteiger partial charge in [-0.2, -0.15) is 0 Å². The highest BCUT2D eigenvalue weighted by Crippen LogP contribution is 2.34. The van der Waals surface area contributed by atoms with Gasteiger partial charge in [-0.05, 0) is 61.0 Å². The first-order chi connectivity index (χ1) is 15.0. The van der Waals surface area contributed by atoms with Crippen LogP contribution in [-0.2, 0) is 10.2 Å². The number of hydrogen-bond acceptors (Lipinski definition) is 4. The summed E-state index contributed by atoms with van der Waals surface area (Å²) in [7, 11) is 0. The van der Waals surface area contributed by atoms with Crippen LogP contribution < -0.4 is 15.5 Å². The van der Waals surface area contributed by atoms with E-state index in [1.165, 1.54) is 12.0 Å². The van der Waals surface area contributed by atoms with Crippen LogP contribution in [0.15, 0.2) is 48.7 Å². The molecule has 2 aromatic rings. The molecule has 2 atom stereocenters. The summed E-state index contributed by atoms with van der Waals surface area (Å²) in [6, 6.07) is 14.9. The molecule has 0 saturated carbocycles. The van der Waals surface area contributed by atoms with Crippen LogP contribution >= 0.6 is 12.2 Å². The molecule has 0 amide bonds. The van der Waals surface area contributed by atoms with E-state index in [1.807, 2.05) is 6.20 Å². The summed E-state index contributed by atoms with van der Waals surface area (Å²) in [5.74, 6) is 2.47. The van der Waals surface area contributed by atoms with Gasteiger partial charge in [0.1, 0.15) is 5.82 Å². The van der Waals surface area contributed by atoms with Crippen molar-refractivity contribution in [2.45, 2.75) is 38.5 Å². The summed E-state index contributed by atoms with van der Waals surface area (Å²) >= 11 is 5.60. The van der Waals surface area contributed by atoms with Crippen molar-refractivity contribution < 1.29 is 4.74 Å². The number of ether oxygens (including phenoxy) is 1. The SMILES string of the molecule is C[C@@H]1C[C@@H](C)CN(c2ccc(NC(=S)NCC3(c4ccccc4)CCOCC3)cn2)C1. The van der Waals surface area contributed by atoms with E-state index >= 15 is 0 Å². The molecular weight excluding hydrogens is 404 g/mol. The number of piperidine rings is 1. The van der Waals surface area contributed by atoms with Gasteiger partial charge >= 0.3 is 0 Å². The van der Waals surface area contributed by atoms with Crippen LogP contribution in [0.5, 0.6) is 0 Å². The number of hydrogen-bond donors (Lipinski definition) is 2. The van der Waals surface area contributed by atoms with Crippen molar-refractivity contribution in [3.05, 3.63) is 54.2 Å². The zero-order valence-corrected chi connectivity index (χ0v) is 19.5. The molecule has 3 heterocycles. The smallest absolute Gasteiger partial charge is 0.170 e. The van der Waals surface area contributed by atoms with Crippen LogP contribution in [-0.4, -0.2) is 42.9 Å². The Kier molecular flexibility index (Phi) is 7.08. The van der Waals surface area contributed by atoms with E-state index in [0.29, 0.717) is 16.9 Å². The molecule has 0 spiro atoms. The van der Waals surface area contributed by atoms with E-state index in [1.54, 1.807) is 0 Å². The molecule has 2 fully saturated rings. The minimum absolute atomic E-state index is 0.0506. The monoisotopic (exact) mass is 438 g/mol. The van der Waals surface area contributed by atoms with Crippen molar-refractivity contribution in [2.24, 2.45) is 11.8 Å². The molecule has 0 bridgehead atoms. The van der Waals surface area contributed by atoms with Gasteiger partial charge in [0.15, 0.2) is 5.11 Å². The van der Waals surface area contributed by atoms with Crippen molar-refractivity contribution in [1.82, 2.24) is 10.3 Å². The third kappa shape index (κ3) is 5.55. The van der Waals surface area contributed by atoms with Gasteiger partial charge in [0.2, 0.25) is 0 Å². The van der Waals surface area contributed by atoms with E-state index in [2.05, 4.69) is 71.8 Å². The van der Waals surface area contributed by atoms with Crippen molar-refractivity contribution in [1.29, 1.82) is 0 Å². The summed E-state index contributed by atoms with van der Waals surface area (Å²) < 4.78 is 5.63. The molecule has 0 aliphatic carbocycles. The fourth-order valence-corrected chi connectivity index (χ4v) is 5.23. The molecule has 1 aromatic heterocycles. The summed E-state index contributed by atoms with van der Waals surface area (Å²) in [4.78, 5) is 7.09. The lowest BCUT2D eigenvalue weighted by molar-refractivity contribution is 0.0515. The fourth-order valence-electron chi connectivity index (χ4n) is 5.04. The Bertz CT molecular complexity index is 842. The van der Waals surface area contributed by atoms with Gasteiger partial charge < -0.3 is 20.3 Å². The lowest BCUT2D eigenvalue weighted by Gasteiger charge is -2.38. The molecule has 5 nitrogen and oxygen atoms in total. The van der Waals surface area contributed by atoms with Gasteiger partial charge in [0.25, 0.3) is 0 Å². The van der Waals surface area contributed by atoms with Crippen LogP contribution in [0.25, 0.3) is 0 Å². The summed E-state index contributed by atoms with van der Waals surface area (Å²) in [6.45, 7) is 9.17. The van der Waals surface area contributed by atoms with Crippen molar-refractivity contribution in [3.63, 3.8) is 0 Å². The molecule has 6 heteroatoms. The number of anilines is 2. The van der Waals surface area contributed by atoms with Crippen LogP contribution in [0.1, 0.15) is 38.7 Å². The number of aromatic nitrogens is 1. The zero-order chi connectivity index (χ0) is 21.7. The third-order valence-electron chi connectivity index (χ3n) is 6.62. The molecule has 0 unspecified atom stereocenters. The lowest BCUT2D eigenvalue weighted by Crippen LogP contribution is -2.45. The van der Waals surface area contributed by atoms with Crippen molar-refractivity contribution in [2.75, 3.05) is 43.1 Å². The number of pyridine rings is 1. The van der Waals surface area contributed by atoms with Gasteiger partial charge in [-0.25, -0.2) is 4.98 Å². The second-order valence-corrected chi connectivity index (χ2v) is 9.73. The molecule has 2 aliphatic heterocycles. The van der Waals surface area contributed by atoms with E-state index in [9.17, 15) is 0 Å². The van der Waals surface area contributed by atoms with E-state index in [-0.39, 0.29) is 5.41 Å². The second kappa shape index (κ2) is 9.96. The third-order valence-corrected chi connectivity index (χ3v) is 6.87. The van der Waals surface area contributed by atoms with Crippen LogP contribution in [0.4, 0.5) is 11.5 Å². The highest BCUT2D eigenvalue weighted by molar-refractivity contribution is 7.80. The Labute approximate surface area is 191 Å². The predicted octanol–water partition coefficient (Wildman–Crippen LogP) is 4.60. The molecule has 31 heavy (non-hydrogen) atoms. The maximum absolute atomic E-state index is 5.63. The van der Waals surface area contributed by atoms with E-state index in [0.717, 1.165) is 57.2 Å². The van der Waals surface area contributed by atoms with Crippen molar-refractivity contribution >= 4 is 28.8 Å². The largest absolute Gasteiger partial charge is 0.381 e.